The van der Waals surface area contributed by atoms with E-state index in [1.165, 1.54) is 0 Å². The molecule has 0 radical (unpaired) electrons. The number of hydrogen-bond donors (Lipinski definition) is 1. The highest BCUT2D eigenvalue weighted by Gasteiger charge is 2.33. The zero-order chi connectivity index (χ0) is 17.3. The van der Waals surface area contributed by atoms with Gasteiger partial charge in [-0.1, -0.05) is 6.92 Å². The van der Waals surface area contributed by atoms with Crippen LogP contribution >= 0.6 is 0 Å². The van der Waals surface area contributed by atoms with E-state index in [0.717, 1.165) is 36.3 Å². The van der Waals surface area contributed by atoms with Crippen molar-refractivity contribution in [2.24, 2.45) is 7.05 Å². The Bertz CT molecular complexity index is 740. The Morgan fingerprint density at radius 1 is 1.29 bits per heavy atom. The SMILES string of the molecule is CCN1C[C@H](NC(=O)c2cc3ccc(OC)cc3n2C)[C@@H](OC)C1. The molecule has 2 aromatic rings. The monoisotopic (exact) mass is 331 g/mol. The van der Waals surface area contributed by atoms with E-state index in [4.69, 9.17) is 9.47 Å². The van der Waals surface area contributed by atoms with Crippen LogP contribution in [0.5, 0.6) is 5.75 Å². The second kappa shape index (κ2) is 6.83. The second-order valence-corrected chi connectivity index (χ2v) is 6.22. The third-order valence-corrected chi connectivity index (χ3v) is 4.89. The van der Waals surface area contributed by atoms with Crippen LogP contribution < -0.4 is 10.1 Å². The Morgan fingerprint density at radius 3 is 2.75 bits per heavy atom. The quantitative estimate of drug-likeness (QED) is 0.905. The first-order valence-electron chi connectivity index (χ1n) is 8.26. The summed E-state index contributed by atoms with van der Waals surface area (Å²) in [6.45, 7) is 4.75. The molecular formula is C18H25N3O3. The summed E-state index contributed by atoms with van der Waals surface area (Å²) < 4.78 is 12.7. The van der Waals surface area contributed by atoms with Crippen LogP contribution in [-0.4, -0.2) is 61.4 Å². The van der Waals surface area contributed by atoms with Crippen molar-refractivity contribution in [2.45, 2.75) is 19.1 Å². The number of likely N-dealkylation sites (tertiary alicyclic amines) is 1. The number of ether oxygens (including phenoxy) is 2. The van der Waals surface area contributed by atoms with E-state index in [1.54, 1.807) is 14.2 Å². The van der Waals surface area contributed by atoms with Crippen molar-refractivity contribution in [1.82, 2.24) is 14.8 Å². The lowest BCUT2D eigenvalue weighted by Crippen LogP contribution is -2.44. The van der Waals surface area contributed by atoms with Crippen LogP contribution in [-0.2, 0) is 11.8 Å². The number of benzene rings is 1. The molecule has 1 aromatic carbocycles. The summed E-state index contributed by atoms with van der Waals surface area (Å²) in [6.07, 6.45) is 0.0312. The fourth-order valence-electron chi connectivity index (χ4n) is 3.38. The summed E-state index contributed by atoms with van der Waals surface area (Å²) >= 11 is 0. The molecule has 1 aromatic heterocycles. The Balaban J connectivity index is 1.82. The van der Waals surface area contributed by atoms with Gasteiger partial charge in [-0.15, -0.1) is 0 Å². The summed E-state index contributed by atoms with van der Waals surface area (Å²) in [5.41, 5.74) is 1.62. The van der Waals surface area contributed by atoms with Gasteiger partial charge in [-0.25, -0.2) is 0 Å². The number of amides is 1. The van der Waals surface area contributed by atoms with Gasteiger partial charge in [-0.3, -0.25) is 9.69 Å². The normalized spacial score (nSPS) is 21.3. The lowest BCUT2D eigenvalue weighted by molar-refractivity contribution is 0.0757. The summed E-state index contributed by atoms with van der Waals surface area (Å²) in [7, 11) is 5.24. The first kappa shape index (κ1) is 16.8. The predicted octanol–water partition coefficient (Wildman–Crippen LogP) is 1.64. The van der Waals surface area contributed by atoms with Crippen LogP contribution in [0.1, 0.15) is 17.4 Å². The number of nitrogens with zero attached hydrogens (tertiary/aromatic N) is 2. The topological polar surface area (TPSA) is 55.7 Å². The molecule has 1 N–H and O–H groups in total. The molecule has 0 unspecified atom stereocenters. The first-order valence-corrected chi connectivity index (χ1v) is 8.26. The zero-order valence-corrected chi connectivity index (χ0v) is 14.7. The molecule has 2 heterocycles. The largest absolute Gasteiger partial charge is 0.497 e. The molecule has 1 aliphatic heterocycles. The number of hydrogen-bond acceptors (Lipinski definition) is 4. The van der Waals surface area contributed by atoms with Crippen molar-refractivity contribution in [3.63, 3.8) is 0 Å². The smallest absolute Gasteiger partial charge is 0.268 e. The third-order valence-electron chi connectivity index (χ3n) is 4.89. The molecule has 6 heteroatoms. The van der Waals surface area contributed by atoms with Crippen LogP contribution in [0, 0.1) is 0 Å². The van der Waals surface area contributed by atoms with E-state index in [2.05, 4.69) is 17.1 Å². The lowest BCUT2D eigenvalue weighted by Gasteiger charge is -2.18. The van der Waals surface area contributed by atoms with E-state index in [0.29, 0.717) is 5.69 Å². The maximum absolute atomic E-state index is 12.8. The maximum Gasteiger partial charge on any atom is 0.268 e. The second-order valence-electron chi connectivity index (χ2n) is 6.22. The standard InChI is InChI=1S/C18H25N3O3/c1-5-21-10-14(17(11-21)24-4)19-18(22)16-8-12-6-7-13(23-3)9-15(12)20(16)2/h6-9,14,17H,5,10-11H2,1-4H3,(H,19,22)/t14-,17-/m0/s1. The molecular weight excluding hydrogens is 306 g/mol. The highest BCUT2D eigenvalue weighted by Crippen LogP contribution is 2.24. The molecule has 0 bridgehead atoms. The molecule has 130 valence electrons. The van der Waals surface area contributed by atoms with Gasteiger partial charge in [0, 0.05) is 38.7 Å². The molecule has 1 fully saturated rings. The Kier molecular flexibility index (Phi) is 4.78. The number of aryl methyl sites for hydroxylation is 1. The molecule has 0 aliphatic carbocycles. The van der Waals surface area contributed by atoms with Gasteiger partial charge in [0.25, 0.3) is 5.91 Å². The van der Waals surface area contributed by atoms with Crippen molar-refractivity contribution in [3.05, 3.63) is 30.0 Å². The van der Waals surface area contributed by atoms with Crippen LogP contribution in [0.3, 0.4) is 0 Å². The lowest BCUT2D eigenvalue weighted by atomic mass is 10.2. The highest BCUT2D eigenvalue weighted by atomic mass is 16.5. The Labute approximate surface area is 142 Å². The number of rotatable bonds is 5. The summed E-state index contributed by atoms with van der Waals surface area (Å²) in [5, 5.41) is 4.15. The Hall–Kier alpha value is -2.05. The minimum Gasteiger partial charge on any atom is -0.497 e. The fourth-order valence-corrected chi connectivity index (χ4v) is 3.38. The molecule has 3 rings (SSSR count). The molecule has 0 saturated carbocycles. The van der Waals surface area contributed by atoms with Crippen LogP contribution in [0.4, 0.5) is 0 Å². The average Bonchev–Trinajstić information content (AvgIpc) is 3.15. The van der Waals surface area contributed by atoms with Gasteiger partial charge in [0.15, 0.2) is 0 Å². The van der Waals surface area contributed by atoms with Crippen LogP contribution in [0.15, 0.2) is 24.3 Å². The molecule has 1 amide bonds. The predicted molar refractivity (Wildman–Crippen MR) is 93.6 cm³/mol. The van der Waals surface area contributed by atoms with Crippen LogP contribution in [0.25, 0.3) is 10.9 Å². The number of carbonyl (C=O) groups excluding carboxylic acids is 1. The van der Waals surface area contributed by atoms with Gasteiger partial charge in [0.05, 0.1) is 24.8 Å². The van der Waals surface area contributed by atoms with E-state index >= 15 is 0 Å². The third kappa shape index (κ3) is 2.99. The number of methoxy groups -OCH3 is 2. The van der Waals surface area contributed by atoms with Crippen LogP contribution in [0.2, 0.25) is 0 Å². The van der Waals surface area contributed by atoms with Gasteiger partial charge in [-0.2, -0.15) is 0 Å². The van der Waals surface area contributed by atoms with Crippen molar-refractivity contribution >= 4 is 16.8 Å². The zero-order valence-electron chi connectivity index (χ0n) is 14.7. The van der Waals surface area contributed by atoms with Gasteiger partial charge >= 0.3 is 0 Å². The molecule has 1 saturated heterocycles. The van der Waals surface area contributed by atoms with E-state index in [9.17, 15) is 4.79 Å². The molecule has 2 atom stereocenters. The van der Waals surface area contributed by atoms with E-state index in [1.807, 2.05) is 35.9 Å². The van der Waals surface area contributed by atoms with E-state index < -0.39 is 0 Å². The fraction of sp³-hybridized carbons (Fsp3) is 0.500. The number of fused-ring (bicyclic) bond motifs is 1. The molecule has 0 spiro atoms. The number of carbonyl (C=O) groups is 1. The molecule has 1 aliphatic rings. The van der Waals surface area contributed by atoms with E-state index in [-0.39, 0.29) is 18.1 Å². The summed E-state index contributed by atoms with van der Waals surface area (Å²) in [4.78, 5) is 15.0. The van der Waals surface area contributed by atoms with Gasteiger partial charge in [0.1, 0.15) is 11.4 Å². The summed E-state index contributed by atoms with van der Waals surface area (Å²) in [6, 6.07) is 7.74. The van der Waals surface area contributed by atoms with Crippen molar-refractivity contribution in [3.8, 4) is 5.75 Å². The van der Waals surface area contributed by atoms with Gasteiger partial charge in [-0.05, 0) is 24.7 Å². The minimum absolute atomic E-state index is 0.00926. The molecule has 24 heavy (non-hydrogen) atoms. The number of aromatic nitrogens is 1. The Morgan fingerprint density at radius 2 is 2.08 bits per heavy atom. The first-order chi connectivity index (χ1) is 11.6. The number of likely N-dealkylation sites (N-methyl/N-ethyl adjacent to an activating group) is 1. The highest BCUT2D eigenvalue weighted by molar-refractivity contribution is 5.99. The van der Waals surface area contributed by atoms with Crippen molar-refractivity contribution in [1.29, 1.82) is 0 Å². The summed E-state index contributed by atoms with van der Waals surface area (Å²) in [5.74, 6) is 0.710. The molecule has 6 nitrogen and oxygen atoms in total. The number of nitrogens with one attached hydrogen (secondary N) is 1. The van der Waals surface area contributed by atoms with Crippen molar-refractivity contribution in [2.75, 3.05) is 33.9 Å². The maximum atomic E-state index is 12.8. The van der Waals surface area contributed by atoms with Gasteiger partial charge in [0.2, 0.25) is 0 Å². The van der Waals surface area contributed by atoms with Gasteiger partial charge < -0.3 is 19.4 Å². The van der Waals surface area contributed by atoms with Crippen molar-refractivity contribution < 1.29 is 14.3 Å². The minimum atomic E-state index is -0.0716. The average molecular weight is 331 g/mol.